The van der Waals surface area contributed by atoms with Crippen molar-refractivity contribution in [3.63, 3.8) is 0 Å². The van der Waals surface area contributed by atoms with Gasteiger partial charge in [-0.3, -0.25) is 9.59 Å². The first-order chi connectivity index (χ1) is 13.9. The summed E-state index contributed by atoms with van der Waals surface area (Å²) < 4.78 is 15.5. The Bertz CT molecular complexity index is 850. The highest BCUT2D eigenvalue weighted by molar-refractivity contribution is 5.94. The van der Waals surface area contributed by atoms with E-state index in [-0.39, 0.29) is 30.8 Å². The van der Waals surface area contributed by atoms with Crippen LogP contribution >= 0.6 is 0 Å². The van der Waals surface area contributed by atoms with Crippen molar-refractivity contribution in [1.82, 2.24) is 5.32 Å². The highest BCUT2D eigenvalue weighted by Gasteiger charge is 2.13. The van der Waals surface area contributed by atoms with Crippen LogP contribution in [0.1, 0.15) is 35.7 Å². The second kappa shape index (κ2) is 10.8. The maximum Gasteiger partial charge on any atom is 0.344 e. The molecule has 1 N–H and O–H groups in total. The van der Waals surface area contributed by atoms with Crippen molar-refractivity contribution in [2.24, 2.45) is 0 Å². The van der Waals surface area contributed by atoms with Crippen molar-refractivity contribution in [3.05, 3.63) is 59.7 Å². The molecule has 7 nitrogen and oxygen atoms in total. The van der Waals surface area contributed by atoms with Gasteiger partial charge < -0.3 is 19.5 Å². The minimum Gasteiger partial charge on any atom is -0.493 e. The van der Waals surface area contributed by atoms with Gasteiger partial charge in [0.1, 0.15) is 0 Å². The number of esters is 1. The Morgan fingerprint density at radius 1 is 1.00 bits per heavy atom. The van der Waals surface area contributed by atoms with E-state index in [4.69, 9.17) is 14.2 Å². The molecular formula is C22H25NO6. The van der Waals surface area contributed by atoms with Gasteiger partial charge in [-0.1, -0.05) is 37.3 Å². The van der Waals surface area contributed by atoms with Crippen molar-refractivity contribution in [2.45, 2.75) is 19.8 Å². The molecule has 1 amide bonds. The van der Waals surface area contributed by atoms with E-state index in [2.05, 4.69) is 5.32 Å². The normalized spacial score (nSPS) is 11.3. The van der Waals surface area contributed by atoms with E-state index >= 15 is 0 Å². The number of methoxy groups -OCH3 is 1. The van der Waals surface area contributed by atoms with Gasteiger partial charge in [-0.15, -0.1) is 0 Å². The van der Waals surface area contributed by atoms with Crippen LogP contribution < -0.4 is 14.8 Å². The average Bonchev–Trinajstić information content (AvgIpc) is 2.74. The predicted octanol–water partition coefficient (Wildman–Crippen LogP) is 2.74. The molecule has 0 bridgehead atoms. The highest BCUT2D eigenvalue weighted by Crippen LogP contribution is 2.28. The Labute approximate surface area is 170 Å². The first-order valence-corrected chi connectivity index (χ1v) is 9.19. The van der Waals surface area contributed by atoms with Crippen molar-refractivity contribution >= 4 is 17.7 Å². The number of amides is 1. The molecule has 0 spiro atoms. The molecular weight excluding hydrogens is 374 g/mol. The Morgan fingerprint density at radius 2 is 1.72 bits per heavy atom. The number of hydrogen-bond donors (Lipinski definition) is 1. The van der Waals surface area contributed by atoms with Crippen LogP contribution in [0.5, 0.6) is 11.5 Å². The fraction of sp³-hybridized carbons (Fsp3) is 0.318. The van der Waals surface area contributed by atoms with Gasteiger partial charge in [0.15, 0.2) is 30.5 Å². The Kier molecular flexibility index (Phi) is 8.21. The van der Waals surface area contributed by atoms with Crippen molar-refractivity contribution in [3.8, 4) is 11.5 Å². The number of ketones is 1. The van der Waals surface area contributed by atoms with Gasteiger partial charge in [0.2, 0.25) is 0 Å². The Hall–Kier alpha value is -3.35. The van der Waals surface area contributed by atoms with E-state index in [0.717, 1.165) is 5.56 Å². The van der Waals surface area contributed by atoms with Crippen LogP contribution in [0, 0.1) is 0 Å². The zero-order chi connectivity index (χ0) is 21.2. The maximum atomic E-state index is 11.9. The molecule has 0 unspecified atom stereocenters. The van der Waals surface area contributed by atoms with Crippen LogP contribution in [-0.2, 0) is 14.3 Å². The lowest BCUT2D eigenvalue weighted by molar-refractivity contribution is -0.150. The molecule has 0 heterocycles. The van der Waals surface area contributed by atoms with Gasteiger partial charge >= 0.3 is 5.97 Å². The summed E-state index contributed by atoms with van der Waals surface area (Å²) in [7, 11) is 1.44. The SMILES string of the molecule is COc1cc(C(C)=O)ccc1OCC(=O)OCC(=O)NC[C@H](C)c1ccccc1. The Balaban J connectivity index is 1.74. The number of rotatable bonds is 10. The third-order valence-electron chi connectivity index (χ3n) is 4.25. The quantitative estimate of drug-likeness (QED) is 0.488. The molecule has 0 radical (unpaired) electrons. The molecule has 0 aliphatic rings. The molecule has 7 heteroatoms. The van der Waals surface area contributed by atoms with Crippen LogP contribution in [0.25, 0.3) is 0 Å². The van der Waals surface area contributed by atoms with Crippen molar-refractivity contribution in [1.29, 1.82) is 0 Å². The third kappa shape index (κ3) is 6.95. The topological polar surface area (TPSA) is 90.9 Å². The van der Waals surface area contributed by atoms with E-state index in [1.54, 1.807) is 12.1 Å². The molecule has 0 aliphatic carbocycles. The number of Topliss-reactive ketones (excluding diaryl/α,β-unsaturated/α-hetero) is 1. The van der Waals surface area contributed by atoms with E-state index in [0.29, 0.717) is 23.6 Å². The number of benzene rings is 2. The van der Waals surface area contributed by atoms with Crippen molar-refractivity contribution < 1.29 is 28.6 Å². The lowest BCUT2D eigenvalue weighted by atomic mass is 10.0. The second-order valence-electron chi connectivity index (χ2n) is 6.49. The summed E-state index contributed by atoms with van der Waals surface area (Å²) in [6.07, 6.45) is 0. The third-order valence-corrected chi connectivity index (χ3v) is 4.25. The van der Waals surface area contributed by atoms with Crippen LogP contribution in [0.4, 0.5) is 0 Å². The largest absolute Gasteiger partial charge is 0.493 e. The van der Waals surface area contributed by atoms with E-state index in [1.165, 1.54) is 20.1 Å². The summed E-state index contributed by atoms with van der Waals surface area (Å²) in [4.78, 5) is 35.1. The molecule has 0 aromatic heterocycles. The minimum atomic E-state index is -0.686. The zero-order valence-electron chi connectivity index (χ0n) is 16.8. The van der Waals surface area contributed by atoms with Gasteiger partial charge in [0, 0.05) is 12.1 Å². The van der Waals surface area contributed by atoms with Crippen molar-refractivity contribution in [2.75, 3.05) is 26.9 Å². The molecule has 2 aromatic rings. The number of nitrogens with one attached hydrogen (secondary N) is 1. The Morgan fingerprint density at radius 3 is 2.38 bits per heavy atom. The molecule has 2 aromatic carbocycles. The lowest BCUT2D eigenvalue weighted by Gasteiger charge is -2.13. The molecule has 0 aliphatic heterocycles. The van der Waals surface area contributed by atoms with Gasteiger partial charge in [-0.25, -0.2) is 4.79 Å². The summed E-state index contributed by atoms with van der Waals surface area (Å²) in [5.74, 6) is -0.404. The zero-order valence-corrected chi connectivity index (χ0v) is 16.8. The summed E-state index contributed by atoms with van der Waals surface area (Å²) in [6, 6.07) is 14.5. The molecule has 1 atom stereocenters. The standard InChI is InChI=1S/C22H25NO6/c1-15(17-7-5-4-6-8-17)12-23-21(25)13-29-22(26)14-28-19-10-9-18(16(2)24)11-20(19)27-3/h4-11,15H,12-14H2,1-3H3,(H,23,25)/t15-/m0/s1. The summed E-state index contributed by atoms with van der Waals surface area (Å²) in [5, 5.41) is 2.74. The predicted molar refractivity (Wildman–Crippen MR) is 107 cm³/mol. The number of ether oxygens (including phenoxy) is 3. The van der Waals surface area contributed by atoms with Crippen LogP contribution in [0.3, 0.4) is 0 Å². The van der Waals surface area contributed by atoms with Gasteiger partial charge in [0.25, 0.3) is 5.91 Å². The van der Waals surface area contributed by atoms with E-state index in [1.807, 2.05) is 37.3 Å². The fourth-order valence-electron chi connectivity index (χ4n) is 2.55. The highest BCUT2D eigenvalue weighted by atomic mass is 16.6. The number of hydrogen-bond acceptors (Lipinski definition) is 6. The van der Waals surface area contributed by atoms with Crippen LogP contribution in [-0.4, -0.2) is 44.5 Å². The van der Waals surface area contributed by atoms with E-state index in [9.17, 15) is 14.4 Å². The second-order valence-corrected chi connectivity index (χ2v) is 6.49. The first-order valence-electron chi connectivity index (χ1n) is 9.19. The number of carbonyl (C=O) groups is 3. The smallest absolute Gasteiger partial charge is 0.344 e. The minimum absolute atomic E-state index is 0.109. The molecule has 0 saturated heterocycles. The van der Waals surface area contributed by atoms with E-state index < -0.39 is 5.97 Å². The lowest BCUT2D eigenvalue weighted by Crippen LogP contribution is -2.32. The molecule has 2 rings (SSSR count). The monoisotopic (exact) mass is 399 g/mol. The summed E-state index contributed by atoms with van der Waals surface area (Å²) in [5.41, 5.74) is 1.58. The molecule has 29 heavy (non-hydrogen) atoms. The van der Waals surface area contributed by atoms with Crippen LogP contribution in [0.2, 0.25) is 0 Å². The van der Waals surface area contributed by atoms with Gasteiger partial charge in [0.05, 0.1) is 7.11 Å². The van der Waals surface area contributed by atoms with Gasteiger partial charge in [-0.2, -0.15) is 0 Å². The maximum absolute atomic E-state index is 11.9. The summed E-state index contributed by atoms with van der Waals surface area (Å²) in [6.45, 7) is 3.11. The molecule has 0 saturated carbocycles. The average molecular weight is 399 g/mol. The first kappa shape index (κ1) is 21.9. The fourth-order valence-corrected chi connectivity index (χ4v) is 2.55. The van der Waals surface area contributed by atoms with Gasteiger partial charge in [-0.05, 0) is 36.6 Å². The molecule has 0 fully saturated rings. The van der Waals surface area contributed by atoms with Crippen LogP contribution in [0.15, 0.2) is 48.5 Å². The summed E-state index contributed by atoms with van der Waals surface area (Å²) >= 11 is 0. The number of carbonyl (C=O) groups excluding carboxylic acids is 3. The molecule has 154 valence electrons.